The number of aliphatic carboxylic acids is 1. The van der Waals surface area contributed by atoms with Crippen molar-refractivity contribution in [3.8, 4) is 5.75 Å². The van der Waals surface area contributed by atoms with Crippen molar-refractivity contribution < 1.29 is 19.4 Å². The quantitative estimate of drug-likeness (QED) is 0.488. The number of fused-ring (bicyclic) bond motifs is 1. The minimum Gasteiger partial charge on any atom is -0.497 e. The van der Waals surface area contributed by atoms with Crippen molar-refractivity contribution in [3.63, 3.8) is 0 Å². The number of ether oxygens (including phenoxy) is 1. The molecular formula is C25H24ClN3O4. The SMILES string of the molecule is COc1ccc2cc([C@H]3CC(c4ccc(C)cc4)=NN3C(=O)CCCC(=O)O)c(Cl)nc2c1. The topological polar surface area (TPSA) is 92.1 Å². The first-order valence-corrected chi connectivity index (χ1v) is 11.1. The van der Waals surface area contributed by atoms with Crippen molar-refractivity contribution in [1.82, 2.24) is 9.99 Å². The third-order valence-corrected chi connectivity index (χ3v) is 6.00. The number of nitrogens with zero attached hydrogens (tertiary/aromatic N) is 3. The number of amides is 1. The van der Waals surface area contributed by atoms with Gasteiger partial charge >= 0.3 is 5.97 Å². The Morgan fingerprint density at radius 1 is 1.15 bits per heavy atom. The second kappa shape index (κ2) is 9.58. The Kier molecular flexibility index (Phi) is 6.60. The van der Waals surface area contributed by atoms with Crippen LogP contribution >= 0.6 is 11.6 Å². The summed E-state index contributed by atoms with van der Waals surface area (Å²) in [6.07, 6.45) is 0.745. The smallest absolute Gasteiger partial charge is 0.303 e. The van der Waals surface area contributed by atoms with E-state index in [1.54, 1.807) is 7.11 Å². The monoisotopic (exact) mass is 465 g/mol. The summed E-state index contributed by atoms with van der Waals surface area (Å²) in [5.74, 6) is -0.490. The molecule has 0 unspecified atom stereocenters. The van der Waals surface area contributed by atoms with Crippen molar-refractivity contribution >= 4 is 40.1 Å². The van der Waals surface area contributed by atoms with Gasteiger partial charge in [0.2, 0.25) is 5.91 Å². The molecule has 2 aromatic carbocycles. The molecule has 4 rings (SSSR count). The Hall–Kier alpha value is -3.45. The van der Waals surface area contributed by atoms with Crippen molar-refractivity contribution in [1.29, 1.82) is 0 Å². The summed E-state index contributed by atoms with van der Waals surface area (Å²) in [4.78, 5) is 28.5. The summed E-state index contributed by atoms with van der Waals surface area (Å²) >= 11 is 6.59. The highest BCUT2D eigenvalue weighted by Gasteiger charge is 2.34. The largest absolute Gasteiger partial charge is 0.497 e. The maximum absolute atomic E-state index is 13.0. The van der Waals surface area contributed by atoms with Crippen molar-refractivity contribution in [2.75, 3.05) is 7.11 Å². The first kappa shape index (κ1) is 22.7. The predicted octanol–water partition coefficient (Wildman–Crippen LogP) is 5.14. The summed E-state index contributed by atoms with van der Waals surface area (Å²) in [5.41, 5.74) is 4.23. The lowest BCUT2D eigenvalue weighted by Crippen LogP contribution is -2.27. The van der Waals surface area contributed by atoms with Gasteiger partial charge in [-0.25, -0.2) is 9.99 Å². The summed E-state index contributed by atoms with van der Waals surface area (Å²) in [6, 6.07) is 15.0. The molecule has 7 nitrogen and oxygen atoms in total. The van der Waals surface area contributed by atoms with Gasteiger partial charge in [0.25, 0.3) is 0 Å². The van der Waals surface area contributed by atoms with E-state index in [0.29, 0.717) is 28.4 Å². The van der Waals surface area contributed by atoms with Crippen LogP contribution in [-0.2, 0) is 9.59 Å². The van der Waals surface area contributed by atoms with Gasteiger partial charge in [0.15, 0.2) is 0 Å². The number of aromatic nitrogens is 1. The molecule has 0 aliphatic carbocycles. The van der Waals surface area contributed by atoms with E-state index in [1.807, 2.05) is 55.5 Å². The van der Waals surface area contributed by atoms with Crippen LogP contribution in [0.3, 0.4) is 0 Å². The van der Waals surface area contributed by atoms with Crippen LogP contribution in [-0.4, -0.2) is 39.8 Å². The van der Waals surface area contributed by atoms with Gasteiger partial charge < -0.3 is 9.84 Å². The van der Waals surface area contributed by atoms with E-state index in [0.717, 1.165) is 22.2 Å². The van der Waals surface area contributed by atoms with Crippen LogP contribution in [0.5, 0.6) is 5.75 Å². The van der Waals surface area contributed by atoms with E-state index >= 15 is 0 Å². The van der Waals surface area contributed by atoms with E-state index in [1.165, 1.54) is 5.01 Å². The Labute approximate surface area is 196 Å². The molecule has 1 aliphatic rings. The number of pyridine rings is 1. The molecule has 170 valence electrons. The van der Waals surface area contributed by atoms with Crippen molar-refractivity contribution in [2.24, 2.45) is 5.10 Å². The van der Waals surface area contributed by atoms with Crippen molar-refractivity contribution in [3.05, 3.63) is 70.4 Å². The van der Waals surface area contributed by atoms with Crippen LogP contribution in [0.1, 0.15) is 48.4 Å². The van der Waals surface area contributed by atoms with Crippen LogP contribution in [0.25, 0.3) is 10.9 Å². The Morgan fingerprint density at radius 3 is 2.61 bits per heavy atom. The predicted molar refractivity (Wildman–Crippen MR) is 127 cm³/mol. The molecule has 1 atom stereocenters. The van der Waals surface area contributed by atoms with E-state index in [9.17, 15) is 9.59 Å². The number of carbonyl (C=O) groups is 2. The first-order valence-electron chi connectivity index (χ1n) is 10.7. The standard InChI is InChI=1S/C25H24ClN3O4/c1-15-6-8-16(9-7-15)21-14-22(29(28-21)23(30)4-3-5-24(31)32)19-12-17-10-11-18(33-2)13-20(17)27-25(19)26/h6-13,22H,3-5,14H2,1-2H3,(H,31,32)/t22-/m1/s1. The van der Waals surface area contributed by atoms with E-state index in [4.69, 9.17) is 21.4 Å². The minimum absolute atomic E-state index is 0.0705. The van der Waals surface area contributed by atoms with E-state index in [2.05, 4.69) is 10.1 Å². The zero-order valence-corrected chi connectivity index (χ0v) is 19.2. The van der Waals surface area contributed by atoms with Crippen LogP contribution in [0, 0.1) is 6.92 Å². The summed E-state index contributed by atoms with van der Waals surface area (Å²) < 4.78 is 5.27. The molecule has 8 heteroatoms. The number of carboxylic acid groups (broad SMARTS) is 1. The molecule has 0 fully saturated rings. The average Bonchev–Trinajstić information content (AvgIpc) is 3.23. The fraction of sp³-hybridized carbons (Fsp3) is 0.280. The number of benzene rings is 2. The Bertz CT molecular complexity index is 1240. The fourth-order valence-corrected chi connectivity index (χ4v) is 4.18. The van der Waals surface area contributed by atoms with Crippen LogP contribution in [0.15, 0.2) is 53.6 Å². The van der Waals surface area contributed by atoms with Gasteiger partial charge in [-0.3, -0.25) is 9.59 Å². The molecule has 0 radical (unpaired) electrons. The van der Waals surface area contributed by atoms with Gasteiger partial charge in [-0.2, -0.15) is 5.10 Å². The number of halogens is 1. The van der Waals surface area contributed by atoms with Gasteiger partial charge in [0.05, 0.1) is 24.4 Å². The highest BCUT2D eigenvalue weighted by molar-refractivity contribution is 6.30. The molecule has 1 aromatic heterocycles. The Morgan fingerprint density at radius 2 is 1.91 bits per heavy atom. The van der Waals surface area contributed by atoms with Crippen LogP contribution in [0.2, 0.25) is 5.15 Å². The summed E-state index contributed by atoms with van der Waals surface area (Å²) in [7, 11) is 1.59. The number of hydrogen-bond donors (Lipinski definition) is 1. The van der Waals surface area contributed by atoms with Crippen LogP contribution in [0.4, 0.5) is 0 Å². The van der Waals surface area contributed by atoms with Gasteiger partial charge in [-0.15, -0.1) is 0 Å². The normalized spacial score (nSPS) is 15.5. The minimum atomic E-state index is -0.929. The van der Waals surface area contributed by atoms with E-state index in [-0.39, 0.29) is 25.2 Å². The maximum Gasteiger partial charge on any atom is 0.303 e. The lowest BCUT2D eigenvalue weighted by molar-refractivity contribution is -0.137. The highest BCUT2D eigenvalue weighted by Crippen LogP contribution is 2.38. The van der Waals surface area contributed by atoms with Gasteiger partial charge in [0.1, 0.15) is 10.9 Å². The van der Waals surface area contributed by atoms with Crippen LogP contribution < -0.4 is 4.74 Å². The third kappa shape index (κ3) is 4.98. The summed E-state index contributed by atoms with van der Waals surface area (Å²) in [5, 5.41) is 16.2. The number of hydrazone groups is 1. The molecule has 1 amide bonds. The number of aryl methyl sites for hydroxylation is 1. The van der Waals surface area contributed by atoms with E-state index < -0.39 is 12.0 Å². The molecule has 1 aliphatic heterocycles. The van der Waals surface area contributed by atoms with Gasteiger partial charge in [0, 0.05) is 36.3 Å². The Balaban J connectivity index is 1.69. The zero-order valence-electron chi connectivity index (χ0n) is 18.4. The average molecular weight is 466 g/mol. The number of methoxy groups -OCH3 is 1. The van der Waals surface area contributed by atoms with Gasteiger partial charge in [-0.05, 0) is 37.1 Å². The molecule has 0 saturated heterocycles. The van der Waals surface area contributed by atoms with Crippen molar-refractivity contribution in [2.45, 2.75) is 38.6 Å². The third-order valence-electron chi connectivity index (χ3n) is 5.70. The number of hydrogen-bond acceptors (Lipinski definition) is 5. The highest BCUT2D eigenvalue weighted by atomic mass is 35.5. The first-order chi connectivity index (χ1) is 15.9. The molecule has 2 heterocycles. The fourth-order valence-electron chi connectivity index (χ4n) is 3.91. The zero-order chi connectivity index (χ0) is 23.5. The number of carbonyl (C=O) groups excluding carboxylic acids is 1. The molecule has 0 saturated carbocycles. The molecule has 1 N–H and O–H groups in total. The molecular weight excluding hydrogens is 442 g/mol. The second-order valence-corrected chi connectivity index (χ2v) is 8.40. The molecule has 33 heavy (non-hydrogen) atoms. The lowest BCUT2D eigenvalue weighted by Gasteiger charge is -2.23. The van der Waals surface area contributed by atoms with Gasteiger partial charge in [-0.1, -0.05) is 41.4 Å². The number of rotatable bonds is 7. The summed E-state index contributed by atoms with van der Waals surface area (Å²) in [6.45, 7) is 2.01. The molecule has 0 spiro atoms. The second-order valence-electron chi connectivity index (χ2n) is 8.05. The number of carboxylic acids is 1. The molecule has 3 aromatic rings. The molecule has 0 bridgehead atoms. The maximum atomic E-state index is 13.0. The lowest BCUT2D eigenvalue weighted by atomic mass is 9.97.